The molecule has 24 heavy (non-hydrogen) atoms. The Labute approximate surface area is 142 Å². The highest BCUT2D eigenvalue weighted by Crippen LogP contribution is 2.35. The molecule has 2 rings (SSSR count). The van der Waals surface area contributed by atoms with Gasteiger partial charge in [0.15, 0.2) is 0 Å². The third-order valence-electron chi connectivity index (χ3n) is 4.30. The quantitative estimate of drug-likeness (QED) is 0.827. The summed E-state index contributed by atoms with van der Waals surface area (Å²) in [5.41, 5.74) is 0.115. The highest BCUT2D eigenvalue weighted by molar-refractivity contribution is 5.77. The summed E-state index contributed by atoms with van der Waals surface area (Å²) in [6.45, 7) is 5.54. The molecule has 1 aliphatic rings. The number of aliphatic carboxylic acids is 1. The Morgan fingerprint density at radius 2 is 2.04 bits per heavy atom. The van der Waals surface area contributed by atoms with Crippen LogP contribution in [-0.4, -0.2) is 48.9 Å². The molecule has 6 heteroatoms. The van der Waals surface area contributed by atoms with Gasteiger partial charge in [0.25, 0.3) is 0 Å². The van der Waals surface area contributed by atoms with Crippen LogP contribution in [0.25, 0.3) is 0 Å². The van der Waals surface area contributed by atoms with Gasteiger partial charge in [-0.1, -0.05) is 6.07 Å². The van der Waals surface area contributed by atoms with Crippen LogP contribution in [0.2, 0.25) is 0 Å². The lowest BCUT2D eigenvalue weighted by atomic mass is 9.94. The number of carboxylic acids is 1. The lowest BCUT2D eigenvalue weighted by Gasteiger charge is -2.36. The Morgan fingerprint density at radius 3 is 2.58 bits per heavy atom. The number of benzene rings is 1. The van der Waals surface area contributed by atoms with Gasteiger partial charge in [-0.25, -0.2) is 4.39 Å². The van der Waals surface area contributed by atoms with Crippen molar-refractivity contribution in [2.75, 3.05) is 26.8 Å². The molecular weight excluding hydrogens is 313 g/mol. The van der Waals surface area contributed by atoms with E-state index < -0.39 is 17.8 Å². The normalized spacial score (nSPS) is 17.9. The Bertz CT molecular complexity index is 556. The van der Waals surface area contributed by atoms with Crippen LogP contribution >= 0.6 is 0 Å². The van der Waals surface area contributed by atoms with Gasteiger partial charge in [0.1, 0.15) is 17.6 Å². The van der Waals surface area contributed by atoms with Gasteiger partial charge in [-0.2, -0.15) is 0 Å². The fraction of sp³-hybridized carbons (Fsp3) is 0.611. The van der Waals surface area contributed by atoms with Crippen LogP contribution in [0.3, 0.4) is 0 Å². The summed E-state index contributed by atoms with van der Waals surface area (Å²) >= 11 is 0. The van der Waals surface area contributed by atoms with E-state index in [4.69, 9.17) is 9.47 Å². The second kappa shape index (κ2) is 8.44. The fourth-order valence-electron chi connectivity index (χ4n) is 3.22. The van der Waals surface area contributed by atoms with Crippen molar-refractivity contribution in [1.29, 1.82) is 0 Å². The predicted molar refractivity (Wildman–Crippen MR) is 88.7 cm³/mol. The number of carbonyl (C=O) groups is 1. The molecule has 1 aromatic carbocycles. The van der Waals surface area contributed by atoms with E-state index in [1.165, 1.54) is 6.07 Å². The Balaban J connectivity index is 2.27. The first-order valence-corrected chi connectivity index (χ1v) is 8.34. The molecular formula is C18H26FNO4. The van der Waals surface area contributed by atoms with Crippen molar-refractivity contribution in [3.8, 4) is 5.75 Å². The van der Waals surface area contributed by atoms with Crippen molar-refractivity contribution < 1.29 is 23.8 Å². The number of hydrogen-bond donors (Lipinski definition) is 1. The molecule has 1 saturated heterocycles. The van der Waals surface area contributed by atoms with Gasteiger partial charge in [-0.05, 0) is 57.8 Å². The number of likely N-dealkylation sites (tertiary alicyclic amines) is 1. The average molecular weight is 339 g/mol. The molecule has 0 radical (unpaired) electrons. The monoisotopic (exact) mass is 339 g/mol. The fourth-order valence-corrected chi connectivity index (χ4v) is 3.22. The smallest absolute Gasteiger partial charge is 0.325 e. The minimum absolute atomic E-state index is 0.115. The van der Waals surface area contributed by atoms with Crippen molar-refractivity contribution in [3.05, 3.63) is 29.6 Å². The molecule has 0 aliphatic carbocycles. The number of ether oxygens (including phenoxy) is 2. The van der Waals surface area contributed by atoms with E-state index in [0.717, 1.165) is 12.8 Å². The molecule has 0 bridgehead atoms. The Morgan fingerprint density at radius 1 is 1.38 bits per heavy atom. The second-order valence-electron chi connectivity index (χ2n) is 6.49. The summed E-state index contributed by atoms with van der Waals surface area (Å²) in [7, 11) is 1.67. The lowest BCUT2D eigenvalue weighted by molar-refractivity contribution is -0.144. The van der Waals surface area contributed by atoms with E-state index in [-0.39, 0.29) is 11.7 Å². The summed E-state index contributed by atoms with van der Waals surface area (Å²) in [5.74, 6) is -0.873. The van der Waals surface area contributed by atoms with E-state index >= 15 is 0 Å². The number of rotatable bonds is 7. The van der Waals surface area contributed by atoms with Gasteiger partial charge in [0.2, 0.25) is 0 Å². The Hall–Kier alpha value is -1.66. The van der Waals surface area contributed by atoms with Crippen LogP contribution < -0.4 is 4.74 Å². The zero-order valence-corrected chi connectivity index (χ0v) is 14.5. The molecule has 1 fully saturated rings. The first-order valence-electron chi connectivity index (χ1n) is 8.34. The number of piperidine rings is 1. The van der Waals surface area contributed by atoms with Gasteiger partial charge in [0.05, 0.1) is 11.7 Å². The molecule has 5 nitrogen and oxygen atoms in total. The molecule has 0 amide bonds. The number of carboxylic acid groups (broad SMARTS) is 1. The number of nitrogens with zero attached hydrogens (tertiary/aromatic N) is 1. The molecule has 1 aliphatic heterocycles. The van der Waals surface area contributed by atoms with Crippen LogP contribution in [0.15, 0.2) is 18.2 Å². The van der Waals surface area contributed by atoms with E-state index in [9.17, 15) is 14.3 Å². The van der Waals surface area contributed by atoms with Crippen molar-refractivity contribution >= 4 is 5.97 Å². The summed E-state index contributed by atoms with van der Waals surface area (Å²) in [6, 6.07) is 3.42. The highest BCUT2D eigenvalue weighted by atomic mass is 19.1. The van der Waals surface area contributed by atoms with Crippen LogP contribution in [-0.2, 0) is 9.53 Å². The summed E-state index contributed by atoms with van der Waals surface area (Å²) in [4.78, 5) is 13.7. The van der Waals surface area contributed by atoms with E-state index in [2.05, 4.69) is 0 Å². The van der Waals surface area contributed by atoms with Crippen molar-refractivity contribution in [3.63, 3.8) is 0 Å². The standard InChI is InChI=1S/C18H26FNO4/c1-12(2)24-15-6-4-5-14(19)16(15)17(18(21)22)20-9-7-13(8-10-20)11-23-3/h4-6,12-13,17H,7-11H2,1-3H3,(H,21,22)/t17-/m0/s1. The van der Waals surface area contributed by atoms with E-state index in [1.807, 2.05) is 18.7 Å². The van der Waals surface area contributed by atoms with Gasteiger partial charge in [-0.3, -0.25) is 9.69 Å². The summed E-state index contributed by atoms with van der Waals surface area (Å²) in [6.07, 6.45) is 1.52. The van der Waals surface area contributed by atoms with Crippen molar-refractivity contribution in [2.45, 2.75) is 38.8 Å². The molecule has 1 atom stereocenters. The molecule has 1 N–H and O–H groups in total. The van der Waals surface area contributed by atoms with Gasteiger partial charge in [0, 0.05) is 13.7 Å². The second-order valence-corrected chi connectivity index (χ2v) is 6.49. The Kier molecular flexibility index (Phi) is 6.57. The van der Waals surface area contributed by atoms with Crippen molar-refractivity contribution in [2.24, 2.45) is 5.92 Å². The third-order valence-corrected chi connectivity index (χ3v) is 4.30. The van der Waals surface area contributed by atoms with Crippen LogP contribution in [0.4, 0.5) is 4.39 Å². The van der Waals surface area contributed by atoms with Gasteiger partial charge in [-0.15, -0.1) is 0 Å². The molecule has 0 saturated carbocycles. The minimum Gasteiger partial charge on any atom is -0.491 e. The SMILES string of the molecule is COCC1CCN([C@H](C(=O)O)c2c(F)cccc2OC(C)C)CC1. The maximum atomic E-state index is 14.5. The molecule has 0 unspecified atom stereocenters. The maximum absolute atomic E-state index is 14.5. The van der Waals surface area contributed by atoms with Gasteiger partial charge >= 0.3 is 5.97 Å². The first-order chi connectivity index (χ1) is 11.4. The molecule has 1 aromatic rings. The summed E-state index contributed by atoms with van der Waals surface area (Å²) < 4.78 is 25.3. The lowest BCUT2D eigenvalue weighted by Crippen LogP contribution is -2.41. The zero-order valence-electron chi connectivity index (χ0n) is 14.5. The topological polar surface area (TPSA) is 59.0 Å². The average Bonchev–Trinajstić information content (AvgIpc) is 2.51. The molecule has 1 heterocycles. The first kappa shape index (κ1) is 18.7. The van der Waals surface area contributed by atoms with E-state index in [0.29, 0.717) is 31.4 Å². The number of methoxy groups -OCH3 is 1. The molecule has 0 aromatic heterocycles. The van der Waals surface area contributed by atoms with E-state index in [1.54, 1.807) is 19.2 Å². The van der Waals surface area contributed by atoms with Crippen LogP contribution in [0, 0.1) is 11.7 Å². The minimum atomic E-state index is -1.06. The van der Waals surface area contributed by atoms with Crippen molar-refractivity contribution in [1.82, 2.24) is 4.90 Å². The molecule has 0 spiro atoms. The largest absolute Gasteiger partial charge is 0.491 e. The third kappa shape index (κ3) is 4.45. The van der Waals surface area contributed by atoms with Crippen LogP contribution in [0.5, 0.6) is 5.75 Å². The predicted octanol–water partition coefficient (Wildman–Crippen LogP) is 3.10. The van der Waals surface area contributed by atoms with Crippen LogP contribution in [0.1, 0.15) is 38.3 Å². The maximum Gasteiger partial charge on any atom is 0.325 e. The van der Waals surface area contributed by atoms with Gasteiger partial charge < -0.3 is 14.6 Å². The zero-order chi connectivity index (χ0) is 17.7. The summed E-state index contributed by atoms with van der Waals surface area (Å²) in [5, 5.41) is 9.74. The number of halogens is 1. The molecule has 134 valence electrons. The number of hydrogen-bond acceptors (Lipinski definition) is 4. The highest BCUT2D eigenvalue weighted by Gasteiger charge is 2.35.